The Hall–Kier alpha value is -0.330. The van der Waals surface area contributed by atoms with E-state index in [4.69, 9.17) is 23.2 Å². The fraction of sp³-hybridized carbons (Fsp3) is 0.571. The van der Waals surface area contributed by atoms with Gasteiger partial charge < -0.3 is 5.32 Å². The molecule has 7 heteroatoms. The second-order valence-corrected chi connectivity index (χ2v) is 7.81. The lowest BCUT2D eigenvalue weighted by Crippen LogP contribution is -2.36. The number of halogens is 2. The standard InChI is InChI=1S/C14H22Cl2N2O2S/c1-5-17-8-11-6-12(15)7-13(14(11)16)21(19,20)18-10(4)9(2)3/h6-7,9-10,17-18H,5,8H2,1-4H3. The van der Waals surface area contributed by atoms with Crippen molar-refractivity contribution >= 4 is 33.2 Å². The van der Waals surface area contributed by atoms with Crippen molar-refractivity contribution in [3.8, 4) is 0 Å². The lowest BCUT2D eigenvalue weighted by atomic mass is 10.1. The van der Waals surface area contributed by atoms with Gasteiger partial charge in [0.25, 0.3) is 0 Å². The molecule has 1 rings (SSSR count). The van der Waals surface area contributed by atoms with E-state index in [1.165, 1.54) is 6.07 Å². The average molecular weight is 353 g/mol. The minimum atomic E-state index is -3.70. The van der Waals surface area contributed by atoms with Crippen LogP contribution in [0.25, 0.3) is 0 Å². The van der Waals surface area contributed by atoms with Gasteiger partial charge in [0.2, 0.25) is 10.0 Å². The fourth-order valence-corrected chi connectivity index (χ4v) is 3.97. The molecular weight excluding hydrogens is 331 g/mol. The monoisotopic (exact) mass is 352 g/mol. The molecule has 0 bridgehead atoms. The first-order chi connectivity index (χ1) is 9.69. The molecule has 0 radical (unpaired) electrons. The van der Waals surface area contributed by atoms with Crippen LogP contribution in [0.2, 0.25) is 10.0 Å². The Balaban J connectivity index is 3.20. The maximum atomic E-state index is 12.5. The van der Waals surface area contributed by atoms with Crippen LogP contribution in [0, 0.1) is 5.92 Å². The Morgan fingerprint density at radius 2 is 1.81 bits per heavy atom. The molecule has 1 aromatic rings. The molecule has 21 heavy (non-hydrogen) atoms. The molecule has 0 saturated carbocycles. The van der Waals surface area contributed by atoms with Gasteiger partial charge in [-0.25, -0.2) is 13.1 Å². The first-order valence-electron chi connectivity index (χ1n) is 6.90. The minimum absolute atomic E-state index is 0.0251. The molecule has 0 amide bonds. The molecule has 0 spiro atoms. The van der Waals surface area contributed by atoms with Gasteiger partial charge in [-0.05, 0) is 37.1 Å². The van der Waals surface area contributed by atoms with Gasteiger partial charge in [0.1, 0.15) is 4.90 Å². The summed E-state index contributed by atoms with van der Waals surface area (Å²) in [7, 11) is -3.70. The topological polar surface area (TPSA) is 58.2 Å². The van der Waals surface area contributed by atoms with E-state index >= 15 is 0 Å². The van der Waals surface area contributed by atoms with Crippen molar-refractivity contribution < 1.29 is 8.42 Å². The largest absolute Gasteiger partial charge is 0.313 e. The van der Waals surface area contributed by atoms with E-state index in [2.05, 4.69) is 10.0 Å². The summed E-state index contributed by atoms with van der Waals surface area (Å²) < 4.78 is 27.6. The predicted molar refractivity (Wildman–Crippen MR) is 88.5 cm³/mol. The summed E-state index contributed by atoms with van der Waals surface area (Å²) >= 11 is 12.3. The zero-order valence-corrected chi connectivity index (χ0v) is 15.0. The first-order valence-corrected chi connectivity index (χ1v) is 9.14. The van der Waals surface area contributed by atoms with E-state index in [1.807, 2.05) is 27.7 Å². The highest BCUT2D eigenvalue weighted by atomic mass is 35.5. The third kappa shape index (κ3) is 5.11. The van der Waals surface area contributed by atoms with E-state index < -0.39 is 10.0 Å². The van der Waals surface area contributed by atoms with Crippen LogP contribution in [0.4, 0.5) is 0 Å². The highest BCUT2D eigenvalue weighted by molar-refractivity contribution is 7.89. The van der Waals surface area contributed by atoms with Gasteiger partial charge >= 0.3 is 0 Å². The van der Waals surface area contributed by atoms with Crippen LogP contribution < -0.4 is 10.0 Å². The molecule has 0 aliphatic rings. The van der Waals surface area contributed by atoms with E-state index in [-0.39, 0.29) is 21.9 Å². The summed E-state index contributed by atoms with van der Waals surface area (Å²) in [6.45, 7) is 8.90. The number of hydrogen-bond acceptors (Lipinski definition) is 3. The van der Waals surface area contributed by atoms with Crippen LogP contribution in [0.3, 0.4) is 0 Å². The lowest BCUT2D eigenvalue weighted by Gasteiger charge is -2.19. The van der Waals surface area contributed by atoms with Crippen molar-refractivity contribution in [3.63, 3.8) is 0 Å². The molecule has 2 N–H and O–H groups in total. The number of benzene rings is 1. The summed E-state index contributed by atoms with van der Waals surface area (Å²) in [4.78, 5) is 0.0251. The Labute approximate surface area is 137 Å². The zero-order valence-electron chi connectivity index (χ0n) is 12.7. The Morgan fingerprint density at radius 1 is 1.19 bits per heavy atom. The quantitative estimate of drug-likeness (QED) is 0.790. The molecule has 0 saturated heterocycles. The highest BCUT2D eigenvalue weighted by Gasteiger charge is 2.24. The van der Waals surface area contributed by atoms with Crippen LogP contribution in [0.5, 0.6) is 0 Å². The van der Waals surface area contributed by atoms with Crippen molar-refractivity contribution in [1.29, 1.82) is 0 Å². The van der Waals surface area contributed by atoms with Gasteiger partial charge in [-0.15, -0.1) is 0 Å². The van der Waals surface area contributed by atoms with Gasteiger partial charge in [0, 0.05) is 17.6 Å². The summed E-state index contributed by atoms with van der Waals surface area (Å²) in [5, 5.41) is 3.68. The third-order valence-electron chi connectivity index (χ3n) is 3.28. The lowest BCUT2D eigenvalue weighted by molar-refractivity contribution is 0.476. The minimum Gasteiger partial charge on any atom is -0.313 e. The maximum absolute atomic E-state index is 12.5. The van der Waals surface area contributed by atoms with E-state index in [9.17, 15) is 8.42 Å². The van der Waals surface area contributed by atoms with Crippen molar-refractivity contribution in [1.82, 2.24) is 10.0 Å². The molecular formula is C14H22Cl2N2O2S. The number of sulfonamides is 1. The predicted octanol–water partition coefficient (Wildman–Crippen LogP) is 3.43. The number of rotatable bonds is 7. The van der Waals surface area contributed by atoms with Gasteiger partial charge in [0.15, 0.2) is 0 Å². The second kappa shape index (κ2) is 7.79. The molecule has 1 unspecified atom stereocenters. The van der Waals surface area contributed by atoms with Gasteiger partial charge in [-0.2, -0.15) is 0 Å². The van der Waals surface area contributed by atoms with Crippen LogP contribution >= 0.6 is 23.2 Å². The number of hydrogen-bond donors (Lipinski definition) is 2. The SMILES string of the molecule is CCNCc1cc(Cl)cc(S(=O)(=O)NC(C)C(C)C)c1Cl. The molecule has 1 atom stereocenters. The normalized spacial score (nSPS) is 13.7. The molecule has 0 fully saturated rings. The van der Waals surface area contributed by atoms with Crippen LogP contribution in [0.15, 0.2) is 17.0 Å². The molecule has 0 aliphatic carbocycles. The van der Waals surface area contributed by atoms with Crippen molar-refractivity contribution in [3.05, 3.63) is 27.7 Å². The van der Waals surface area contributed by atoms with Crippen LogP contribution in [-0.4, -0.2) is 21.0 Å². The fourth-order valence-electron chi connectivity index (χ4n) is 1.65. The van der Waals surface area contributed by atoms with E-state index in [0.29, 0.717) is 17.1 Å². The summed E-state index contributed by atoms with van der Waals surface area (Å²) in [6.07, 6.45) is 0. The first kappa shape index (κ1) is 18.7. The summed E-state index contributed by atoms with van der Waals surface area (Å²) in [5.41, 5.74) is 0.670. The van der Waals surface area contributed by atoms with E-state index in [0.717, 1.165) is 6.54 Å². The van der Waals surface area contributed by atoms with Crippen molar-refractivity contribution in [2.45, 2.75) is 45.2 Å². The second-order valence-electron chi connectivity index (χ2n) is 5.31. The molecule has 120 valence electrons. The Kier molecular flexibility index (Phi) is 6.94. The van der Waals surface area contributed by atoms with Gasteiger partial charge in [-0.1, -0.05) is 44.0 Å². The highest BCUT2D eigenvalue weighted by Crippen LogP contribution is 2.29. The molecule has 1 aromatic carbocycles. The van der Waals surface area contributed by atoms with Gasteiger partial charge in [0.05, 0.1) is 5.02 Å². The molecule has 0 aliphatic heterocycles. The molecule has 0 heterocycles. The van der Waals surface area contributed by atoms with Crippen LogP contribution in [0.1, 0.15) is 33.3 Å². The average Bonchev–Trinajstić information content (AvgIpc) is 2.38. The number of nitrogens with one attached hydrogen (secondary N) is 2. The smallest absolute Gasteiger partial charge is 0.242 e. The Bertz CT molecular complexity index is 589. The Morgan fingerprint density at radius 3 is 2.33 bits per heavy atom. The summed E-state index contributed by atoms with van der Waals surface area (Å²) in [6, 6.07) is 2.87. The zero-order chi connectivity index (χ0) is 16.2. The third-order valence-corrected chi connectivity index (χ3v) is 5.64. The molecule has 4 nitrogen and oxygen atoms in total. The van der Waals surface area contributed by atoms with Crippen molar-refractivity contribution in [2.24, 2.45) is 5.92 Å². The van der Waals surface area contributed by atoms with Gasteiger partial charge in [-0.3, -0.25) is 0 Å². The van der Waals surface area contributed by atoms with Crippen LogP contribution in [-0.2, 0) is 16.6 Å². The van der Waals surface area contributed by atoms with E-state index in [1.54, 1.807) is 6.07 Å². The molecule has 0 aromatic heterocycles. The van der Waals surface area contributed by atoms with Crippen molar-refractivity contribution in [2.75, 3.05) is 6.54 Å². The maximum Gasteiger partial charge on any atom is 0.242 e. The summed E-state index contributed by atoms with van der Waals surface area (Å²) in [5.74, 6) is 0.180.